The molecule has 1 N–H and O–H groups in total. The third kappa shape index (κ3) is 5.12. The number of hydrogen-bond acceptors (Lipinski definition) is 6. The number of ether oxygens (including phenoxy) is 1. The fraction of sp³-hybridized carbons (Fsp3) is 0.333. The quantitative estimate of drug-likeness (QED) is 0.573. The molecule has 0 radical (unpaired) electrons. The summed E-state index contributed by atoms with van der Waals surface area (Å²) in [5, 5.41) is 2.77. The average molecular weight is 526 g/mol. The van der Waals surface area contributed by atoms with Crippen LogP contribution in [0.25, 0.3) is 0 Å². The zero-order valence-electron chi connectivity index (χ0n) is 16.5. The van der Waals surface area contributed by atoms with E-state index in [2.05, 4.69) is 33.9 Å². The largest absolute Gasteiger partial charge is 0.442 e. The zero-order chi connectivity index (χ0) is 22.0. The molecule has 2 aromatic carbocycles. The van der Waals surface area contributed by atoms with E-state index in [9.17, 15) is 14.0 Å². The lowest BCUT2D eigenvalue weighted by Gasteiger charge is -2.29. The monoisotopic (exact) mass is 525 g/mol. The van der Waals surface area contributed by atoms with Crippen molar-refractivity contribution in [2.45, 2.75) is 11.0 Å². The minimum atomic E-state index is -0.557. The number of thioether (sulfide) groups is 1. The Morgan fingerprint density at radius 1 is 1.26 bits per heavy atom. The second-order valence-electron chi connectivity index (χ2n) is 7.22. The number of carbonyl (C=O) groups excluding carboxylic acids is 2. The minimum Gasteiger partial charge on any atom is -0.442 e. The standard InChI is InChI=1S/C21H21BrFN3O3S2/c22-13-1-4-19(30)16(9-13)20(27)24-11-15-12-26(21(28)29-15)14-2-3-18(17(23)10-14)25-5-7-31-8-6-25/h1-4,9-10,15,30H,5-8,11-12H2,(H,24,27)/t15-/m0/s1. The van der Waals surface area contributed by atoms with E-state index in [4.69, 9.17) is 4.74 Å². The number of halogens is 2. The van der Waals surface area contributed by atoms with Crippen molar-refractivity contribution >= 4 is 63.7 Å². The fourth-order valence-electron chi connectivity index (χ4n) is 3.55. The van der Waals surface area contributed by atoms with Gasteiger partial charge in [-0.2, -0.15) is 11.8 Å². The molecule has 0 saturated carbocycles. The van der Waals surface area contributed by atoms with Crippen LogP contribution in [0.2, 0.25) is 0 Å². The molecule has 2 aliphatic heterocycles. The molecule has 0 aromatic heterocycles. The predicted octanol–water partition coefficient (Wildman–Crippen LogP) is 4.19. The Hall–Kier alpha value is -1.91. The topological polar surface area (TPSA) is 61.9 Å². The summed E-state index contributed by atoms with van der Waals surface area (Å²) in [6, 6.07) is 10.0. The summed E-state index contributed by atoms with van der Waals surface area (Å²) in [5.74, 6) is 1.28. The van der Waals surface area contributed by atoms with Crippen molar-refractivity contribution in [2.24, 2.45) is 0 Å². The van der Waals surface area contributed by atoms with E-state index in [0.717, 1.165) is 29.1 Å². The SMILES string of the molecule is O=C(NC[C@H]1CN(c2ccc(N3CCSCC3)c(F)c2)C(=O)O1)c1cc(Br)ccc1S. The van der Waals surface area contributed by atoms with Gasteiger partial charge < -0.3 is 15.0 Å². The molecule has 2 saturated heterocycles. The van der Waals surface area contributed by atoms with E-state index in [1.54, 1.807) is 30.3 Å². The van der Waals surface area contributed by atoms with E-state index >= 15 is 0 Å². The lowest BCUT2D eigenvalue weighted by molar-refractivity contribution is 0.0913. The maximum absolute atomic E-state index is 14.7. The number of cyclic esters (lactones) is 1. The van der Waals surface area contributed by atoms with Crippen LogP contribution in [0.4, 0.5) is 20.6 Å². The first kappa shape index (κ1) is 22.3. The van der Waals surface area contributed by atoms with Crippen molar-refractivity contribution in [1.29, 1.82) is 0 Å². The van der Waals surface area contributed by atoms with Crippen LogP contribution in [0, 0.1) is 5.82 Å². The van der Waals surface area contributed by atoms with Gasteiger partial charge in [0, 0.05) is 34.0 Å². The first-order valence-corrected chi connectivity index (χ1v) is 12.2. The van der Waals surface area contributed by atoms with Crippen LogP contribution in [0.15, 0.2) is 45.8 Å². The number of anilines is 2. The van der Waals surface area contributed by atoms with E-state index in [1.165, 1.54) is 11.0 Å². The molecule has 2 aliphatic rings. The summed E-state index contributed by atoms with van der Waals surface area (Å²) < 4.78 is 20.9. The van der Waals surface area contributed by atoms with Crippen LogP contribution in [-0.4, -0.2) is 55.8 Å². The summed E-state index contributed by atoms with van der Waals surface area (Å²) >= 11 is 9.50. The summed E-state index contributed by atoms with van der Waals surface area (Å²) in [5.41, 5.74) is 1.42. The highest BCUT2D eigenvalue weighted by Gasteiger charge is 2.33. The maximum Gasteiger partial charge on any atom is 0.414 e. The number of benzene rings is 2. The molecule has 164 valence electrons. The molecular formula is C21H21BrFN3O3S2. The first-order valence-electron chi connectivity index (χ1n) is 9.79. The van der Waals surface area contributed by atoms with Crippen LogP contribution >= 0.6 is 40.3 Å². The van der Waals surface area contributed by atoms with Gasteiger partial charge in [0.25, 0.3) is 5.91 Å². The van der Waals surface area contributed by atoms with Crippen molar-refractivity contribution in [2.75, 3.05) is 47.5 Å². The lowest BCUT2D eigenvalue weighted by atomic mass is 10.2. The molecule has 4 rings (SSSR count). The van der Waals surface area contributed by atoms with E-state index < -0.39 is 12.2 Å². The molecule has 6 nitrogen and oxygen atoms in total. The van der Waals surface area contributed by atoms with Gasteiger partial charge in [-0.05, 0) is 36.4 Å². The van der Waals surface area contributed by atoms with Crippen LogP contribution in [0.1, 0.15) is 10.4 Å². The second kappa shape index (κ2) is 9.70. The van der Waals surface area contributed by atoms with Crippen molar-refractivity contribution in [3.05, 3.63) is 52.3 Å². The van der Waals surface area contributed by atoms with Crippen LogP contribution in [0.3, 0.4) is 0 Å². The predicted molar refractivity (Wildman–Crippen MR) is 127 cm³/mol. The Kier molecular flexibility index (Phi) is 6.98. The molecular weight excluding hydrogens is 505 g/mol. The van der Waals surface area contributed by atoms with Gasteiger partial charge in [-0.3, -0.25) is 9.69 Å². The molecule has 0 spiro atoms. The summed E-state index contributed by atoms with van der Waals surface area (Å²) in [4.78, 5) is 28.7. The summed E-state index contributed by atoms with van der Waals surface area (Å²) in [6.45, 7) is 1.98. The van der Waals surface area contributed by atoms with E-state index in [1.807, 2.05) is 16.7 Å². The Morgan fingerprint density at radius 2 is 2.03 bits per heavy atom. The third-order valence-electron chi connectivity index (χ3n) is 5.16. The fourth-order valence-corrected chi connectivity index (χ4v) is 5.06. The van der Waals surface area contributed by atoms with Gasteiger partial charge in [0.1, 0.15) is 11.9 Å². The van der Waals surface area contributed by atoms with Crippen LogP contribution in [0.5, 0.6) is 0 Å². The molecule has 2 fully saturated rings. The number of hydrogen-bond donors (Lipinski definition) is 2. The van der Waals surface area contributed by atoms with Gasteiger partial charge in [0.15, 0.2) is 0 Å². The number of amides is 2. The number of thiol groups is 1. The van der Waals surface area contributed by atoms with Crippen molar-refractivity contribution in [1.82, 2.24) is 5.32 Å². The second-order valence-corrected chi connectivity index (χ2v) is 9.85. The number of carbonyl (C=O) groups is 2. The molecule has 0 unspecified atom stereocenters. The Labute approximate surface area is 198 Å². The van der Waals surface area contributed by atoms with Crippen molar-refractivity contribution in [3.63, 3.8) is 0 Å². The molecule has 31 heavy (non-hydrogen) atoms. The Morgan fingerprint density at radius 3 is 2.77 bits per heavy atom. The van der Waals surface area contributed by atoms with Crippen molar-refractivity contribution in [3.8, 4) is 0 Å². The zero-order valence-corrected chi connectivity index (χ0v) is 19.8. The molecule has 2 aromatic rings. The Bertz CT molecular complexity index is 1000. The van der Waals surface area contributed by atoms with Gasteiger partial charge in [-0.25, -0.2) is 9.18 Å². The molecule has 1 atom stereocenters. The van der Waals surface area contributed by atoms with Gasteiger partial charge in [-0.1, -0.05) is 15.9 Å². The highest BCUT2D eigenvalue weighted by Crippen LogP contribution is 2.29. The highest BCUT2D eigenvalue weighted by atomic mass is 79.9. The summed E-state index contributed by atoms with van der Waals surface area (Å²) in [6.07, 6.45) is -1.09. The normalized spacial score (nSPS) is 18.8. The minimum absolute atomic E-state index is 0.146. The molecule has 10 heteroatoms. The average Bonchev–Trinajstić information content (AvgIpc) is 3.14. The Balaban J connectivity index is 1.38. The van der Waals surface area contributed by atoms with E-state index in [-0.39, 0.29) is 24.8 Å². The first-order chi connectivity index (χ1) is 14.9. The van der Waals surface area contributed by atoms with Gasteiger partial charge in [0.05, 0.1) is 30.0 Å². The molecule has 0 bridgehead atoms. The van der Waals surface area contributed by atoms with Crippen LogP contribution < -0.4 is 15.1 Å². The lowest BCUT2D eigenvalue weighted by Crippen LogP contribution is -2.35. The number of rotatable bonds is 5. The molecule has 2 heterocycles. The van der Waals surface area contributed by atoms with Gasteiger partial charge >= 0.3 is 6.09 Å². The number of nitrogens with zero attached hydrogens (tertiary/aromatic N) is 2. The third-order valence-corrected chi connectivity index (χ3v) is 6.99. The van der Waals surface area contributed by atoms with Crippen molar-refractivity contribution < 1.29 is 18.7 Å². The maximum atomic E-state index is 14.7. The van der Waals surface area contributed by atoms with E-state index in [0.29, 0.717) is 21.8 Å². The van der Waals surface area contributed by atoms with Gasteiger partial charge in [-0.15, -0.1) is 12.6 Å². The molecule has 2 amide bonds. The summed E-state index contributed by atoms with van der Waals surface area (Å²) in [7, 11) is 0. The number of nitrogens with one attached hydrogen (secondary N) is 1. The highest BCUT2D eigenvalue weighted by molar-refractivity contribution is 9.10. The molecule has 0 aliphatic carbocycles. The van der Waals surface area contributed by atoms with Crippen LogP contribution in [-0.2, 0) is 4.74 Å². The smallest absolute Gasteiger partial charge is 0.414 e. The van der Waals surface area contributed by atoms with Gasteiger partial charge in [0.2, 0.25) is 0 Å².